The number of hydrogen-bond donors (Lipinski definition) is 2. The van der Waals surface area contributed by atoms with Gasteiger partial charge in [-0.05, 0) is 50.3 Å². The number of methoxy groups -OCH3 is 1. The number of aryl methyl sites for hydroxylation is 1. The van der Waals surface area contributed by atoms with Gasteiger partial charge in [-0.3, -0.25) is 4.79 Å². The van der Waals surface area contributed by atoms with E-state index in [0.29, 0.717) is 39.7 Å². The maximum atomic E-state index is 13.2. The van der Waals surface area contributed by atoms with Crippen molar-refractivity contribution >= 4 is 33.9 Å². The molecular weight excluding hydrogens is 492 g/mol. The van der Waals surface area contributed by atoms with Gasteiger partial charge in [0.15, 0.2) is 0 Å². The number of likely N-dealkylation sites (tertiary alicyclic amines) is 1. The standard InChI is InChI=1S/C27H31F2N7O2/c1-15-31-19-7-6-16(10-20(19)36(15)14-21(28)29)18-13-30-23-22(18)24(38-3)34-26(33-23)32-17-11-27(2,12-17)25(37)35-8-4-5-9-35/h6-7,10,13,17,21H,4-5,8-9,11-12,14H2,1-3H3,(H2,30,32,33,34)/t17-,27-. The number of alkyl halides is 2. The van der Waals surface area contributed by atoms with E-state index in [1.54, 1.807) is 14.0 Å². The molecule has 1 amide bonds. The third kappa shape index (κ3) is 4.13. The average Bonchev–Trinajstić information content (AvgIpc) is 3.61. The molecule has 1 aliphatic carbocycles. The van der Waals surface area contributed by atoms with Gasteiger partial charge in [-0.2, -0.15) is 9.97 Å². The molecule has 2 aliphatic rings. The van der Waals surface area contributed by atoms with Gasteiger partial charge in [0.2, 0.25) is 17.7 Å². The molecule has 3 aromatic heterocycles. The van der Waals surface area contributed by atoms with E-state index < -0.39 is 13.0 Å². The number of carbonyl (C=O) groups is 1. The molecule has 2 fully saturated rings. The number of benzene rings is 1. The van der Waals surface area contributed by atoms with Crippen molar-refractivity contribution in [3.63, 3.8) is 0 Å². The summed E-state index contributed by atoms with van der Waals surface area (Å²) in [6, 6.07) is 5.70. The van der Waals surface area contributed by atoms with E-state index in [9.17, 15) is 13.6 Å². The zero-order chi connectivity index (χ0) is 26.6. The molecule has 4 aromatic rings. The first-order chi connectivity index (χ1) is 18.3. The van der Waals surface area contributed by atoms with Gasteiger partial charge < -0.3 is 24.5 Å². The minimum Gasteiger partial charge on any atom is -0.480 e. The number of rotatable bonds is 7. The predicted molar refractivity (Wildman–Crippen MR) is 140 cm³/mol. The summed E-state index contributed by atoms with van der Waals surface area (Å²) in [6.45, 7) is 5.08. The van der Waals surface area contributed by atoms with Crippen molar-refractivity contribution in [1.29, 1.82) is 0 Å². The topological polar surface area (TPSA) is 101 Å². The number of aromatic amines is 1. The number of amides is 1. The van der Waals surface area contributed by atoms with Gasteiger partial charge in [0.25, 0.3) is 6.43 Å². The van der Waals surface area contributed by atoms with Crippen LogP contribution >= 0.6 is 0 Å². The molecule has 200 valence electrons. The smallest absolute Gasteiger partial charge is 0.256 e. The van der Waals surface area contributed by atoms with Crippen molar-refractivity contribution in [1.82, 2.24) is 29.4 Å². The highest BCUT2D eigenvalue weighted by Crippen LogP contribution is 2.44. The zero-order valence-corrected chi connectivity index (χ0v) is 21.7. The largest absolute Gasteiger partial charge is 0.480 e. The summed E-state index contributed by atoms with van der Waals surface area (Å²) in [5.74, 6) is 1.63. The molecule has 11 heteroatoms. The molecule has 0 atom stereocenters. The number of hydrogen-bond acceptors (Lipinski definition) is 6. The fraction of sp³-hybridized carbons (Fsp3) is 0.481. The second-order valence-electron chi connectivity index (χ2n) is 10.7. The summed E-state index contributed by atoms with van der Waals surface area (Å²) in [5, 5.41) is 4.08. The van der Waals surface area contributed by atoms with Crippen molar-refractivity contribution in [2.24, 2.45) is 5.41 Å². The van der Waals surface area contributed by atoms with Gasteiger partial charge in [-0.1, -0.05) is 13.0 Å². The highest BCUT2D eigenvalue weighted by molar-refractivity contribution is 5.99. The fourth-order valence-electron chi connectivity index (χ4n) is 6.01. The number of ether oxygens (including phenoxy) is 1. The Hall–Kier alpha value is -3.76. The molecular formula is C27H31F2N7O2. The maximum Gasteiger partial charge on any atom is 0.256 e. The molecule has 1 saturated carbocycles. The highest BCUT2D eigenvalue weighted by atomic mass is 19.3. The molecule has 1 aliphatic heterocycles. The molecule has 0 bridgehead atoms. The van der Waals surface area contributed by atoms with E-state index >= 15 is 0 Å². The van der Waals surface area contributed by atoms with Crippen LogP contribution in [0.3, 0.4) is 0 Å². The molecule has 38 heavy (non-hydrogen) atoms. The molecule has 4 heterocycles. The van der Waals surface area contributed by atoms with Gasteiger partial charge in [0.1, 0.15) is 11.5 Å². The van der Waals surface area contributed by atoms with Crippen LogP contribution in [0.2, 0.25) is 0 Å². The van der Waals surface area contributed by atoms with Crippen LogP contribution in [-0.2, 0) is 11.3 Å². The molecule has 6 rings (SSSR count). The quantitative estimate of drug-likeness (QED) is 0.362. The number of carbonyl (C=O) groups excluding carboxylic acids is 1. The van der Waals surface area contributed by atoms with E-state index in [1.165, 1.54) is 4.57 Å². The lowest BCUT2D eigenvalue weighted by Gasteiger charge is -2.45. The Morgan fingerprint density at radius 3 is 2.71 bits per heavy atom. The summed E-state index contributed by atoms with van der Waals surface area (Å²) in [7, 11) is 1.56. The number of nitrogens with zero attached hydrogens (tertiary/aromatic N) is 5. The van der Waals surface area contributed by atoms with Gasteiger partial charge in [-0.25, -0.2) is 13.8 Å². The van der Waals surface area contributed by atoms with Crippen molar-refractivity contribution in [2.45, 2.75) is 58.5 Å². The van der Waals surface area contributed by atoms with Crippen LogP contribution in [0.5, 0.6) is 5.88 Å². The normalized spacial score (nSPS) is 21.4. The maximum absolute atomic E-state index is 13.2. The minimum atomic E-state index is -2.48. The predicted octanol–water partition coefficient (Wildman–Crippen LogP) is 4.76. The second kappa shape index (κ2) is 9.21. The molecule has 0 spiro atoms. The van der Waals surface area contributed by atoms with Crippen LogP contribution in [-0.4, -0.2) is 68.0 Å². The lowest BCUT2D eigenvalue weighted by atomic mass is 9.66. The van der Waals surface area contributed by atoms with Crippen LogP contribution < -0.4 is 10.1 Å². The number of nitrogens with one attached hydrogen (secondary N) is 2. The average molecular weight is 524 g/mol. The van der Waals surface area contributed by atoms with Crippen molar-refractivity contribution in [3.05, 3.63) is 30.2 Å². The van der Waals surface area contributed by atoms with Crippen LogP contribution in [0.25, 0.3) is 33.2 Å². The Labute approximate surface area is 218 Å². The Bertz CT molecular complexity index is 1520. The molecule has 1 saturated heterocycles. The van der Waals surface area contributed by atoms with Crippen LogP contribution in [0.1, 0.15) is 38.4 Å². The monoisotopic (exact) mass is 523 g/mol. The summed E-state index contributed by atoms with van der Waals surface area (Å²) in [5.41, 5.74) is 3.18. The van der Waals surface area contributed by atoms with Gasteiger partial charge >= 0.3 is 0 Å². The minimum absolute atomic E-state index is 0.101. The third-order valence-corrected chi connectivity index (χ3v) is 7.90. The highest BCUT2D eigenvalue weighted by Gasteiger charge is 2.48. The first-order valence-corrected chi connectivity index (χ1v) is 13.0. The molecule has 0 radical (unpaired) electrons. The number of H-pyrrole nitrogens is 1. The van der Waals surface area contributed by atoms with Crippen molar-refractivity contribution in [3.8, 4) is 17.0 Å². The van der Waals surface area contributed by atoms with E-state index in [0.717, 1.165) is 49.9 Å². The third-order valence-electron chi connectivity index (χ3n) is 7.90. The lowest BCUT2D eigenvalue weighted by molar-refractivity contribution is -0.145. The van der Waals surface area contributed by atoms with Gasteiger partial charge in [0.05, 0.1) is 35.5 Å². The van der Waals surface area contributed by atoms with Crippen LogP contribution in [0.4, 0.5) is 14.7 Å². The Morgan fingerprint density at radius 2 is 2.00 bits per heavy atom. The fourth-order valence-corrected chi connectivity index (χ4v) is 6.01. The number of fused-ring (bicyclic) bond motifs is 2. The van der Waals surface area contributed by atoms with E-state index in [2.05, 4.69) is 25.3 Å². The Kier molecular flexibility index (Phi) is 5.96. The summed E-state index contributed by atoms with van der Waals surface area (Å²) in [4.78, 5) is 31.8. The molecule has 2 N–H and O–H groups in total. The Balaban J connectivity index is 1.26. The summed E-state index contributed by atoms with van der Waals surface area (Å²) < 4.78 is 33.6. The first-order valence-electron chi connectivity index (χ1n) is 13.0. The lowest BCUT2D eigenvalue weighted by Crippen LogP contribution is -2.53. The molecule has 1 aromatic carbocycles. The van der Waals surface area contributed by atoms with Crippen LogP contribution in [0, 0.1) is 12.3 Å². The van der Waals surface area contributed by atoms with Gasteiger partial charge in [-0.15, -0.1) is 0 Å². The van der Waals surface area contributed by atoms with Crippen molar-refractivity contribution in [2.75, 3.05) is 25.5 Å². The van der Waals surface area contributed by atoms with Crippen LogP contribution in [0.15, 0.2) is 24.4 Å². The zero-order valence-electron chi connectivity index (χ0n) is 21.7. The van der Waals surface area contributed by atoms with E-state index in [4.69, 9.17) is 4.74 Å². The number of anilines is 1. The Morgan fingerprint density at radius 1 is 1.24 bits per heavy atom. The van der Waals surface area contributed by atoms with E-state index in [1.807, 2.05) is 36.2 Å². The first kappa shape index (κ1) is 24.6. The number of aromatic nitrogens is 5. The molecule has 9 nitrogen and oxygen atoms in total. The summed E-state index contributed by atoms with van der Waals surface area (Å²) >= 11 is 0. The molecule has 0 unspecified atom stereocenters. The summed E-state index contributed by atoms with van der Waals surface area (Å²) in [6.07, 6.45) is 2.98. The number of halogens is 2. The van der Waals surface area contributed by atoms with Gasteiger partial charge in [0, 0.05) is 30.9 Å². The second-order valence-corrected chi connectivity index (χ2v) is 10.7. The van der Waals surface area contributed by atoms with Crippen molar-refractivity contribution < 1.29 is 18.3 Å². The van der Waals surface area contributed by atoms with E-state index in [-0.39, 0.29) is 17.4 Å². The number of imidazole rings is 1. The SMILES string of the molecule is COc1nc(N[C@H]2C[C@](C)(C(=O)N3CCCC3)C2)nc2[nH]cc(-c3ccc4nc(C)n(CC(F)F)c4c3)c12.